The van der Waals surface area contributed by atoms with Crippen LogP contribution in [0, 0.1) is 11.8 Å². The summed E-state index contributed by atoms with van der Waals surface area (Å²) >= 11 is 0. The van der Waals surface area contributed by atoms with Crippen molar-refractivity contribution in [1.29, 1.82) is 0 Å². The first-order chi connectivity index (χ1) is 8.60. The van der Waals surface area contributed by atoms with Crippen molar-refractivity contribution in [2.24, 2.45) is 11.8 Å². The van der Waals surface area contributed by atoms with E-state index in [9.17, 15) is 14.4 Å². The molecule has 0 spiro atoms. The average Bonchev–Trinajstić information content (AvgIpc) is 2.33. The van der Waals surface area contributed by atoms with E-state index in [-0.39, 0.29) is 24.3 Å². The largest absolute Gasteiger partial charge is 0.469 e. The first kappa shape index (κ1) is 14.7. The highest BCUT2D eigenvalue weighted by Crippen LogP contribution is 2.26. The van der Waals surface area contributed by atoms with E-state index in [1.54, 1.807) is 6.92 Å². The highest BCUT2D eigenvalue weighted by atomic mass is 16.5. The normalized spacial score (nSPS) is 24.9. The number of methoxy groups -OCH3 is 1. The molecule has 102 valence electrons. The Labute approximate surface area is 107 Å². The lowest BCUT2D eigenvalue weighted by atomic mass is 9.84. The maximum absolute atomic E-state index is 11.8. The van der Waals surface area contributed by atoms with Crippen LogP contribution >= 0.6 is 0 Å². The molecule has 2 atom stereocenters. The number of ether oxygens (including phenoxy) is 2. The van der Waals surface area contributed by atoms with Crippen molar-refractivity contribution in [2.45, 2.75) is 39.0 Å². The monoisotopic (exact) mass is 256 g/mol. The van der Waals surface area contributed by atoms with E-state index in [0.29, 0.717) is 32.1 Å². The molecule has 1 saturated carbocycles. The summed E-state index contributed by atoms with van der Waals surface area (Å²) in [5.74, 6) is -1.71. The van der Waals surface area contributed by atoms with Crippen LogP contribution in [0.5, 0.6) is 0 Å². The second-order valence-corrected chi connectivity index (χ2v) is 4.46. The molecule has 0 saturated heterocycles. The minimum Gasteiger partial charge on any atom is -0.469 e. The summed E-state index contributed by atoms with van der Waals surface area (Å²) in [7, 11) is 1.36. The predicted molar refractivity (Wildman–Crippen MR) is 63.7 cm³/mol. The van der Waals surface area contributed by atoms with E-state index in [4.69, 9.17) is 9.47 Å². The Hall–Kier alpha value is -1.39. The molecule has 0 aromatic heterocycles. The Morgan fingerprint density at radius 2 is 1.94 bits per heavy atom. The Balaban J connectivity index is 2.65. The summed E-state index contributed by atoms with van der Waals surface area (Å²) in [6, 6.07) is 0. The molecule has 1 rings (SSSR count). The third-order valence-electron chi connectivity index (χ3n) is 3.27. The van der Waals surface area contributed by atoms with Gasteiger partial charge in [-0.25, -0.2) is 0 Å². The van der Waals surface area contributed by atoms with Crippen molar-refractivity contribution < 1.29 is 23.9 Å². The third kappa shape index (κ3) is 3.82. The maximum atomic E-state index is 11.8. The standard InChI is InChI=1S/C13H20O5/c1-3-18-13(16)10-8-7-9(12(15)17-2)5-4-6-11(10)14/h9-10H,3-8H2,1-2H3. The fourth-order valence-corrected chi connectivity index (χ4v) is 2.26. The van der Waals surface area contributed by atoms with Crippen LogP contribution in [-0.4, -0.2) is 31.4 Å². The zero-order chi connectivity index (χ0) is 13.5. The molecule has 0 aromatic carbocycles. The summed E-state index contributed by atoms with van der Waals surface area (Å²) in [5.41, 5.74) is 0. The maximum Gasteiger partial charge on any atom is 0.316 e. The van der Waals surface area contributed by atoms with Crippen molar-refractivity contribution in [3.63, 3.8) is 0 Å². The predicted octanol–water partition coefficient (Wildman–Crippen LogP) is 1.49. The molecule has 1 fully saturated rings. The van der Waals surface area contributed by atoms with E-state index < -0.39 is 11.9 Å². The van der Waals surface area contributed by atoms with Gasteiger partial charge in [0, 0.05) is 6.42 Å². The van der Waals surface area contributed by atoms with Gasteiger partial charge in [0.05, 0.1) is 19.6 Å². The highest BCUT2D eigenvalue weighted by Gasteiger charge is 2.32. The number of carbonyl (C=O) groups excluding carboxylic acids is 3. The summed E-state index contributed by atoms with van der Waals surface area (Å²) in [6.45, 7) is 1.98. The van der Waals surface area contributed by atoms with Crippen molar-refractivity contribution in [2.75, 3.05) is 13.7 Å². The molecule has 0 N–H and O–H groups in total. The minimum atomic E-state index is -0.711. The van der Waals surface area contributed by atoms with Gasteiger partial charge in [0.15, 0.2) is 0 Å². The van der Waals surface area contributed by atoms with Gasteiger partial charge in [0.25, 0.3) is 0 Å². The molecule has 0 radical (unpaired) electrons. The molecule has 1 aliphatic carbocycles. The molecule has 18 heavy (non-hydrogen) atoms. The van der Waals surface area contributed by atoms with E-state index in [2.05, 4.69) is 0 Å². The number of esters is 2. The molecule has 0 amide bonds. The van der Waals surface area contributed by atoms with Crippen molar-refractivity contribution in [3.8, 4) is 0 Å². The van der Waals surface area contributed by atoms with Gasteiger partial charge in [0.2, 0.25) is 0 Å². The van der Waals surface area contributed by atoms with Crippen molar-refractivity contribution in [3.05, 3.63) is 0 Å². The van der Waals surface area contributed by atoms with Gasteiger partial charge in [-0.05, 0) is 32.6 Å². The smallest absolute Gasteiger partial charge is 0.316 e. The quantitative estimate of drug-likeness (QED) is 0.565. The van der Waals surface area contributed by atoms with Crippen molar-refractivity contribution >= 4 is 17.7 Å². The van der Waals surface area contributed by atoms with Crippen LogP contribution < -0.4 is 0 Å². The molecule has 0 aliphatic heterocycles. The van der Waals surface area contributed by atoms with E-state index in [0.717, 1.165) is 0 Å². The number of Topliss-reactive ketones (excluding diaryl/α,β-unsaturated/α-hetero) is 1. The lowest BCUT2D eigenvalue weighted by Crippen LogP contribution is -2.30. The highest BCUT2D eigenvalue weighted by molar-refractivity contribution is 5.99. The second kappa shape index (κ2) is 7.13. The van der Waals surface area contributed by atoms with Gasteiger partial charge < -0.3 is 9.47 Å². The fraction of sp³-hybridized carbons (Fsp3) is 0.769. The SMILES string of the molecule is CCOC(=O)C1CCC(C(=O)OC)CCCC1=O. The molecule has 5 nitrogen and oxygen atoms in total. The summed E-state index contributed by atoms with van der Waals surface area (Å²) in [4.78, 5) is 35.0. The van der Waals surface area contributed by atoms with E-state index in [1.165, 1.54) is 7.11 Å². The van der Waals surface area contributed by atoms with Crippen LogP contribution in [0.4, 0.5) is 0 Å². The summed E-state index contributed by atoms with van der Waals surface area (Å²) < 4.78 is 9.61. The summed E-state index contributed by atoms with van der Waals surface area (Å²) in [6.07, 6.45) is 2.47. The Morgan fingerprint density at radius 3 is 2.56 bits per heavy atom. The number of carbonyl (C=O) groups is 3. The first-order valence-corrected chi connectivity index (χ1v) is 6.37. The van der Waals surface area contributed by atoms with Crippen LogP contribution in [-0.2, 0) is 23.9 Å². The number of ketones is 1. The molecule has 0 aromatic rings. The molecule has 2 unspecified atom stereocenters. The van der Waals surface area contributed by atoms with E-state index >= 15 is 0 Å². The van der Waals surface area contributed by atoms with Gasteiger partial charge in [-0.15, -0.1) is 0 Å². The number of rotatable bonds is 3. The fourth-order valence-electron chi connectivity index (χ4n) is 2.26. The van der Waals surface area contributed by atoms with Crippen LogP contribution in [0.15, 0.2) is 0 Å². The topological polar surface area (TPSA) is 69.7 Å². The molecular weight excluding hydrogens is 236 g/mol. The third-order valence-corrected chi connectivity index (χ3v) is 3.27. The molecule has 0 bridgehead atoms. The van der Waals surface area contributed by atoms with Gasteiger partial charge >= 0.3 is 11.9 Å². The Morgan fingerprint density at radius 1 is 1.22 bits per heavy atom. The first-order valence-electron chi connectivity index (χ1n) is 6.37. The van der Waals surface area contributed by atoms with Crippen molar-refractivity contribution in [1.82, 2.24) is 0 Å². The zero-order valence-electron chi connectivity index (χ0n) is 10.9. The van der Waals surface area contributed by atoms with Gasteiger partial charge in [0.1, 0.15) is 11.7 Å². The van der Waals surface area contributed by atoms with Gasteiger partial charge in [-0.2, -0.15) is 0 Å². The summed E-state index contributed by atoms with van der Waals surface area (Å²) in [5, 5.41) is 0. The van der Waals surface area contributed by atoms with E-state index in [1.807, 2.05) is 0 Å². The molecule has 5 heteroatoms. The van der Waals surface area contributed by atoms with Crippen LogP contribution in [0.25, 0.3) is 0 Å². The van der Waals surface area contributed by atoms with Crippen LogP contribution in [0.1, 0.15) is 39.0 Å². The molecule has 1 aliphatic rings. The lowest BCUT2D eigenvalue weighted by molar-refractivity contribution is -0.154. The van der Waals surface area contributed by atoms with Gasteiger partial charge in [-0.3, -0.25) is 14.4 Å². The second-order valence-electron chi connectivity index (χ2n) is 4.46. The van der Waals surface area contributed by atoms with Gasteiger partial charge in [-0.1, -0.05) is 0 Å². The lowest BCUT2D eigenvalue weighted by Gasteiger charge is -2.21. The number of hydrogen-bond acceptors (Lipinski definition) is 5. The van der Waals surface area contributed by atoms with Crippen LogP contribution in [0.3, 0.4) is 0 Å². The van der Waals surface area contributed by atoms with Crippen LogP contribution in [0.2, 0.25) is 0 Å². The molecule has 0 heterocycles. The molecular formula is C13H20O5. The Kier molecular flexibility index (Phi) is 5.82. The zero-order valence-corrected chi connectivity index (χ0v) is 10.9. The average molecular weight is 256 g/mol. The minimum absolute atomic E-state index is 0.0724. The Bertz CT molecular complexity index is 315. The number of hydrogen-bond donors (Lipinski definition) is 0.